The predicted octanol–water partition coefficient (Wildman–Crippen LogP) is 2.82. The quantitative estimate of drug-likeness (QED) is 0.0619. The van der Waals surface area contributed by atoms with Crippen molar-refractivity contribution in [3.63, 3.8) is 0 Å². The van der Waals surface area contributed by atoms with E-state index < -0.39 is 118 Å². The molecule has 1 saturated carbocycles. The molecule has 27 heteroatoms. The number of nitrogens with zero attached hydrogens (tertiary/aromatic N) is 3. The Balaban J connectivity index is 0. The fraction of sp³-hybridized carbons (Fsp3) is 0.878. The van der Waals surface area contributed by atoms with Crippen LogP contribution in [0.2, 0.25) is 0 Å². The lowest BCUT2D eigenvalue weighted by Gasteiger charge is -2.46. The van der Waals surface area contributed by atoms with Crippen molar-refractivity contribution in [1.82, 2.24) is 15.3 Å². The molecule has 4 aliphatic rings. The number of nitrogens with one attached hydrogen (secondary N) is 1. The summed E-state index contributed by atoms with van der Waals surface area (Å²) in [6.07, 6.45) is -1.32. The number of anilines is 1. The van der Waals surface area contributed by atoms with Gasteiger partial charge in [0.2, 0.25) is 0 Å². The molecule has 3 aliphatic heterocycles. The van der Waals surface area contributed by atoms with Crippen LogP contribution < -0.4 is 11.1 Å². The highest BCUT2D eigenvalue weighted by molar-refractivity contribution is 7.54. The van der Waals surface area contributed by atoms with Crippen LogP contribution in [0.4, 0.5) is 10.5 Å². The van der Waals surface area contributed by atoms with Crippen LogP contribution in [0.5, 0.6) is 0 Å². The van der Waals surface area contributed by atoms with Crippen molar-refractivity contribution in [3.05, 3.63) is 28.4 Å². The summed E-state index contributed by atoms with van der Waals surface area (Å²) in [5, 5.41) is 108. The Kier molecular flexibility index (Phi) is 38.2. The van der Waals surface area contributed by atoms with E-state index in [2.05, 4.69) is 29.4 Å². The number of nitrogens with two attached hydrogens (primary N) is 1. The number of alkyl halides is 1. The van der Waals surface area contributed by atoms with Gasteiger partial charge in [-0.2, -0.15) is 5.01 Å². The average Bonchev–Trinajstić information content (AvgIpc) is 3.39. The van der Waals surface area contributed by atoms with Crippen molar-refractivity contribution in [3.8, 4) is 0 Å². The van der Waals surface area contributed by atoms with Gasteiger partial charge in [0.05, 0.1) is 49.6 Å². The van der Waals surface area contributed by atoms with Crippen LogP contribution in [0.25, 0.3) is 0 Å². The van der Waals surface area contributed by atoms with Gasteiger partial charge in [-0.15, -0.1) is 16.5 Å². The van der Waals surface area contributed by atoms with Gasteiger partial charge >= 0.3 is 13.6 Å². The molecule has 25 nitrogen and oxygen atoms in total. The number of hydrogen-bond acceptors (Lipinski definition) is 23. The van der Waals surface area contributed by atoms with Gasteiger partial charge in [0.15, 0.2) is 17.9 Å². The van der Waals surface area contributed by atoms with E-state index in [0.717, 1.165) is 55.6 Å². The third kappa shape index (κ3) is 25.4. The highest BCUT2D eigenvalue weighted by atomic mass is 35.5. The summed E-state index contributed by atoms with van der Waals surface area (Å²) >= 11 is 5.19. The number of nitrogen functional groups attached to an aromatic ring is 1. The van der Waals surface area contributed by atoms with E-state index in [1.807, 2.05) is 53.8 Å². The van der Waals surface area contributed by atoms with Crippen LogP contribution >= 0.6 is 19.2 Å². The summed E-state index contributed by atoms with van der Waals surface area (Å²) < 4.78 is 41.8. The Morgan fingerprint density at radius 2 is 1.41 bits per heavy atom. The van der Waals surface area contributed by atoms with Crippen LogP contribution in [0.3, 0.4) is 0 Å². The largest absolute Gasteiger partial charge is 0.398 e. The Bertz CT molecular complexity index is 1750. The Labute approximate surface area is 454 Å². The Hall–Kier alpha value is -2.34. The van der Waals surface area contributed by atoms with Crippen molar-refractivity contribution in [2.45, 2.75) is 219 Å². The summed E-state index contributed by atoms with van der Waals surface area (Å²) in [7, 11) is -0.346. The van der Waals surface area contributed by atoms with Crippen molar-refractivity contribution in [2.75, 3.05) is 52.2 Å². The van der Waals surface area contributed by atoms with Gasteiger partial charge in [0.25, 0.3) is 0 Å². The topological polar surface area (TPSA) is 396 Å². The first-order valence-electron chi connectivity index (χ1n) is 25.8. The van der Waals surface area contributed by atoms with Crippen LogP contribution in [0, 0.1) is 23.7 Å². The van der Waals surface area contributed by atoms with Gasteiger partial charge in [-0.25, -0.2) is 4.79 Å². The molecular formula is C49H97ClN5O20P. The molecule has 5 rings (SSSR count). The molecule has 0 spiro atoms. The second-order valence-electron chi connectivity index (χ2n) is 19.2. The van der Waals surface area contributed by atoms with E-state index in [9.17, 15) is 55.1 Å². The number of halogens is 1. The number of methoxy groups -OCH3 is 1. The molecule has 4 fully saturated rings. The molecule has 6 unspecified atom stereocenters. The van der Waals surface area contributed by atoms with Crippen LogP contribution in [0.15, 0.2) is 17.5 Å². The lowest BCUT2D eigenvalue weighted by atomic mass is 9.91. The van der Waals surface area contributed by atoms with Gasteiger partial charge in [0.1, 0.15) is 54.9 Å². The van der Waals surface area contributed by atoms with Gasteiger partial charge in [-0.1, -0.05) is 73.6 Å². The molecular weight excluding hydrogens is 1040 g/mol. The molecule has 0 aromatic carbocycles. The molecule has 3 saturated heterocycles. The third-order valence-electron chi connectivity index (χ3n) is 12.5. The number of hydrogen-bond donors (Lipinski definition) is 13. The van der Waals surface area contributed by atoms with Crippen LogP contribution in [-0.2, 0) is 39.0 Å². The zero-order chi connectivity index (χ0) is 59.3. The number of rotatable bonds is 12. The normalized spacial score (nSPS) is 32.2. The SMILES string of the molecule is CC1CCCCC1.CC1[C@@H](O)OC(CO)[C@@H](O)[C@H]1O.CCCCl.CCOP(=O)(OCC)C(C)C.CCc1cnc(C)cc1N.CN(N=O)C(=O)NC1[C@H](O)[C@H](O)C(CO)O[C@]1(C)O.CO[C@@]1(C)OC(C)[C@@H](O)[C@@H](O)C1O. The van der Waals surface area contributed by atoms with Gasteiger partial charge in [-0.3, -0.25) is 9.55 Å². The summed E-state index contributed by atoms with van der Waals surface area (Å²) in [5.41, 5.74) is 8.61. The highest BCUT2D eigenvalue weighted by Crippen LogP contribution is 2.52. The lowest BCUT2D eigenvalue weighted by molar-refractivity contribution is -0.343. The Morgan fingerprint density at radius 1 is 0.895 bits per heavy atom. The number of carbonyl (C=O) groups is 1. The fourth-order valence-electron chi connectivity index (χ4n) is 7.40. The van der Waals surface area contributed by atoms with E-state index in [1.54, 1.807) is 13.8 Å². The summed E-state index contributed by atoms with van der Waals surface area (Å²) in [4.78, 5) is 25.7. The van der Waals surface area contributed by atoms with Crippen molar-refractivity contribution in [2.24, 2.45) is 17.1 Å². The molecule has 1 aromatic rings. The monoisotopic (exact) mass is 1140 g/mol. The molecule has 450 valence electrons. The fourth-order valence-corrected chi connectivity index (χ4v) is 8.79. The number of pyridine rings is 1. The zero-order valence-corrected chi connectivity index (χ0v) is 48.8. The maximum absolute atomic E-state index is 11.7. The molecule has 0 bridgehead atoms. The number of ether oxygens (including phenoxy) is 4. The number of aromatic nitrogens is 1. The van der Waals surface area contributed by atoms with E-state index in [0.29, 0.717) is 18.2 Å². The minimum Gasteiger partial charge on any atom is -0.398 e. The number of amides is 2. The molecule has 0 radical (unpaired) electrons. The molecule has 15 atom stereocenters. The smallest absolute Gasteiger partial charge is 0.340 e. The first kappa shape index (κ1) is 75.7. The highest BCUT2D eigenvalue weighted by Gasteiger charge is 2.52. The first-order chi connectivity index (χ1) is 35.3. The van der Waals surface area contributed by atoms with E-state index in [1.165, 1.54) is 46.1 Å². The third-order valence-corrected chi connectivity index (χ3v) is 15.4. The summed E-state index contributed by atoms with van der Waals surface area (Å²) in [6, 6.07) is -0.488. The first-order valence-corrected chi connectivity index (χ1v) is 28.0. The number of urea groups is 1. The van der Waals surface area contributed by atoms with E-state index in [-0.39, 0.29) is 5.66 Å². The summed E-state index contributed by atoms with van der Waals surface area (Å²) in [5.74, 6) is -2.00. The summed E-state index contributed by atoms with van der Waals surface area (Å²) in [6.45, 7) is 21.4. The lowest BCUT2D eigenvalue weighted by Crippen LogP contribution is -2.69. The van der Waals surface area contributed by atoms with Gasteiger partial charge in [-0.05, 0) is 71.9 Å². The minimum atomic E-state index is -2.79. The molecule has 4 heterocycles. The van der Waals surface area contributed by atoms with Gasteiger partial charge < -0.3 is 95.2 Å². The van der Waals surface area contributed by atoms with E-state index >= 15 is 0 Å². The van der Waals surface area contributed by atoms with E-state index in [4.69, 9.17) is 60.6 Å². The number of aryl methyl sites for hydroxylation is 2. The maximum Gasteiger partial charge on any atom is 0.340 e. The van der Waals surface area contributed by atoms with Crippen LogP contribution in [0.1, 0.15) is 126 Å². The molecule has 2 amide bonds. The molecule has 76 heavy (non-hydrogen) atoms. The standard InChI is InChI=1S/C9H17N3O7.C8H12N2.C8H16O5.C7H14O5.C7H17O3P.C7H14.C3H7Cl/c1-9(17)7(10-8(16)12(2)11-18)6(15)5(14)4(3-13)19-9;1-3-7-5-10-6(2)4-8(7)9;1-4-5(9)6(10)7(11)8(2,12-3)13-4;1-3-5(9)6(10)4(2-8)12-7(3)11;1-5-9-11(8,7(3)4)10-6-2;1-7-5-3-2-4-6-7;1-2-3-4/h4-7,13-15,17H,3H2,1-2H3,(H,10,16);4-5H,3H2,1-2H3,(H2,9,10);4-7,9-11H,1-3H3;3-11H,2H2,1H3;7H,5-6H2,1-4H3;7H,2-6H2,1H3;2-3H2,1H3/t4?,5-,6-,7?,9+;;4?,5-,6-,7?,8+;3?,4?,5-,6+,7-;;;/m1.10.../s1. The second kappa shape index (κ2) is 38.3. The second-order valence-corrected chi connectivity index (χ2v) is 22.3. The van der Waals surface area contributed by atoms with Crippen molar-refractivity contribution in [1.29, 1.82) is 0 Å². The van der Waals surface area contributed by atoms with Crippen LogP contribution in [-0.4, -0.2) is 209 Å². The number of carbonyl (C=O) groups excluding carboxylic acids is 1. The number of aliphatic hydroxyl groups excluding tert-OH is 10. The van der Waals surface area contributed by atoms with Gasteiger partial charge in [0, 0.05) is 43.5 Å². The predicted molar refractivity (Wildman–Crippen MR) is 286 cm³/mol. The number of nitroso groups, excluding NO2 is 1. The number of aliphatic hydroxyl groups is 11. The van der Waals surface area contributed by atoms with Crippen molar-refractivity contribution < 1.29 is 93.5 Å². The Morgan fingerprint density at radius 3 is 1.80 bits per heavy atom. The zero-order valence-electron chi connectivity index (χ0n) is 47.1. The molecule has 1 aromatic heterocycles. The molecule has 14 N–H and O–H groups in total. The average molecular weight is 1140 g/mol. The minimum absolute atomic E-state index is 0.0533. The molecule has 1 aliphatic carbocycles. The maximum atomic E-state index is 11.7. The van der Waals surface area contributed by atoms with Crippen molar-refractivity contribution >= 4 is 30.9 Å².